The molecule has 2 rings (SSSR count). The molecule has 0 aromatic heterocycles. The first-order valence-corrected chi connectivity index (χ1v) is 6.33. The van der Waals surface area contributed by atoms with E-state index in [0.29, 0.717) is 0 Å². The number of hydrogen-bond acceptors (Lipinski definition) is 2. The van der Waals surface area contributed by atoms with Gasteiger partial charge in [0, 0.05) is 0 Å². The van der Waals surface area contributed by atoms with Crippen molar-refractivity contribution in [1.82, 2.24) is 5.32 Å². The molecule has 2 aromatic rings. The minimum Gasteiger partial charge on any atom is -0.508 e. The van der Waals surface area contributed by atoms with Crippen molar-refractivity contribution in [2.45, 2.75) is 19.9 Å². The molecule has 0 bridgehead atoms. The zero-order valence-electron chi connectivity index (χ0n) is 11.4. The highest BCUT2D eigenvalue weighted by molar-refractivity contribution is 5.94. The lowest BCUT2D eigenvalue weighted by Crippen LogP contribution is -2.27. The van der Waals surface area contributed by atoms with Crippen molar-refractivity contribution in [2.75, 3.05) is 0 Å². The second-order valence-electron chi connectivity index (χ2n) is 4.77. The molecule has 0 radical (unpaired) electrons. The highest BCUT2D eigenvalue weighted by atomic mass is 19.1. The Balaban J connectivity index is 2.17. The molecule has 0 aliphatic rings. The lowest BCUT2D eigenvalue weighted by Gasteiger charge is -2.15. The van der Waals surface area contributed by atoms with Crippen molar-refractivity contribution >= 4 is 5.91 Å². The van der Waals surface area contributed by atoms with E-state index in [9.17, 15) is 14.3 Å². The number of rotatable bonds is 3. The number of hydrogen-bond donors (Lipinski definition) is 2. The number of carbonyl (C=O) groups excluding carboxylic acids is 1. The van der Waals surface area contributed by atoms with E-state index in [-0.39, 0.29) is 17.4 Å². The third-order valence-electron chi connectivity index (χ3n) is 3.08. The molecule has 2 aromatic carbocycles. The first-order valence-electron chi connectivity index (χ1n) is 6.33. The summed E-state index contributed by atoms with van der Waals surface area (Å²) in [5.41, 5.74) is 1.60. The highest BCUT2D eigenvalue weighted by Crippen LogP contribution is 2.19. The summed E-state index contributed by atoms with van der Waals surface area (Å²) >= 11 is 0. The van der Waals surface area contributed by atoms with E-state index in [4.69, 9.17) is 0 Å². The van der Waals surface area contributed by atoms with Crippen molar-refractivity contribution in [1.29, 1.82) is 0 Å². The summed E-state index contributed by atoms with van der Waals surface area (Å²) in [5, 5.41) is 12.1. The maximum atomic E-state index is 13.6. The Morgan fingerprint density at radius 1 is 1.25 bits per heavy atom. The Morgan fingerprint density at radius 3 is 2.70 bits per heavy atom. The number of aromatic hydroxyl groups is 1. The number of halogens is 1. The molecule has 1 amide bonds. The van der Waals surface area contributed by atoms with Crippen molar-refractivity contribution in [2.24, 2.45) is 0 Å². The zero-order chi connectivity index (χ0) is 14.7. The van der Waals surface area contributed by atoms with Gasteiger partial charge in [0.15, 0.2) is 0 Å². The number of phenols is 1. The Kier molecular flexibility index (Phi) is 4.03. The molecule has 20 heavy (non-hydrogen) atoms. The largest absolute Gasteiger partial charge is 0.508 e. The molecule has 0 aliphatic heterocycles. The van der Waals surface area contributed by atoms with Crippen LogP contribution < -0.4 is 5.32 Å². The van der Waals surface area contributed by atoms with Gasteiger partial charge in [-0.15, -0.1) is 0 Å². The lowest BCUT2D eigenvalue weighted by atomic mass is 10.1. The molecule has 0 aliphatic carbocycles. The molecular formula is C16H16FNO2. The predicted octanol–water partition coefficient (Wildman–Crippen LogP) is 3.33. The van der Waals surface area contributed by atoms with Crippen LogP contribution in [0.1, 0.15) is 34.5 Å². The summed E-state index contributed by atoms with van der Waals surface area (Å²) in [5.74, 6) is -0.886. The second kappa shape index (κ2) is 5.74. The van der Waals surface area contributed by atoms with Gasteiger partial charge in [0.2, 0.25) is 0 Å². The molecular weight excluding hydrogens is 257 g/mol. The standard InChI is InChI=1S/C16H16FNO2/c1-10-6-7-15(17)14(8-10)16(20)18-11(2)12-4-3-5-13(19)9-12/h3-9,11,19H,1-2H3,(H,18,20). The van der Waals surface area contributed by atoms with Crippen molar-refractivity contribution in [3.05, 3.63) is 65.0 Å². The molecule has 0 heterocycles. The van der Waals surface area contributed by atoms with Crippen molar-refractivity contribution in [3.8, 4) is 5.75 Å². The maximum Gasteiger partial charge on any atom is 0.254 e. The van der Waals surface area contributed by atoms with Crippen LogP contribution in [0.25, 0.3) is 0 Å². The Morgan fingerprint density at radius 2 is 2.00 bits per heavy atom. The fraction of sp³-hybridized carbons (Fsp3) is 0.188. The van der Waals surface area contributed by atoms with Gasteiger partial charge in [-0.2, -0.15) is 0 Å². The van der Waals surface area contributed by atoms with E-state index in [1.807, 2.05) is 0 Å². The molecule has 0 saturated carbocycles. The third kappa shape index (κ3) is 3.15. The third-order valence-corrected chi connectivity index (χ3v) is 3.08. The van der Waals surface area contributed by atoms with Crippen molar-refractivity contribution in [3.63, 3.8) is 0 Å². The van der Waals surface area contributed by atoms with Crippen LogP contribution in [0.4, 0.5) is 4.39 Å². The monoisotopic (exact) mass is 273 g/mol. The summed E-state index contributed by atoms with van der Waals surface area (Å²) in [6, 6.07) is 10.7. The van der Waals surface area contributed by atoms with E-state index in [2.05, 4.69) is 5.32 Å². The first-order chi connectivity index (χ1) is 9.47. The Labute approximate surface area is 117 Å². The molecule has 0 saturated heterocycles. The van der Waals surface area contributed by atoms with Crippen LogP contribution in [0.2, 0.25) is 0 Å². The molecule has 0 fully saturated rings. The van der Waals surface area contributed by atoms with E-state index in [1.54, 1.807) is 44.2 Å². The lowest BCUT2D eigenvalue weighted by molar-refractivity contribution is 0.0935. The molecule has 0 spiro atoms. The molecule has 1 atom stereocenters. The zero-order valence-corrected chi connectivity index (χ0v) is 11.4. The van der Waals surface area contributed by atoms with Gasteiger partial charge in [-0.1, -0.05) is 23.8 Å². The summed E-state index contributed by atoms with van der Waals surface area (Å²) < 4.78 is 13.6. The predicted molar refractivity (Wildman–Crippen MR) is 75.1 cm³/mol. The minimum atomic E-state index is -0.545. The molecule has 104 valence electrons. The van der Waals surface area contributed by atoms with Gasteiger partial charge in [0.25, 0.3) is 5.91 Å². The smallest absolute Gasteiger partial charge is 0.254 e. The van der Waals surface area contributed by atoms with E-state index in [0.717, 1.165) is 11.1 Å². The fourth-order valence-corrected chi connectivity index (χ4v) is 1.96. The van der Waals surface area contributed by atoms with Gasteiger partial charge in [0.05, 0.1) is 11.6 Å². The van der Waals surface area contributed by atoms with Crippen LogP contribution in [-0.4, -0.2) is 11.0 Å². The van der Waals surface area contributed by atoms with Gasteiger partial charge < -0.3 is 10.4 Å². The normalized spacial score (nSPS) is 11.9. The molecule has 2 N–H and O–H groups in total. The Bertz CT molecular complexity index is 640. The maximum absolute atomic E-state index is 13.6. The van der Waals surface area contributed by atoms with Gasteiger partial charge in [-0.3, -0.25) is 4.79 Å². The summed E-state index contributed by atoms with van der Waals surface area (Å²) in [4.78, 5) is 12.1. The van der Waals surface area contributed by atoms with Crippen LogP contribution in [0.3, 0.4) is 0 Å². The average molecular weight is 273 g/mol. The average Bonchev–Trinajstić information content (AvgIpc) is 2.41. The van der Waals surface area contributed by atoms with Crippen LogP contribution in [0.5, 0.6) is 5.75 Å². The van der Waals surface area contributed by atoms with Crippen LogP contribution in [0, 0.1) is 12.7 Å². The summed E-state index contributed by atoms with van der Waals surface area (Å²) in [6.45, 7) is 3.58. The number of nitrogens with one attached hydrogen (secondary N) is 1. The summed E-state index contributed by atoms with van der Waals surface area (Å²) in [6.07, 6.45) is 0. The Hall–Kier alpha value is -2.36. The topological polar surface area (TPSA) is 49.3 Å². The van der Waals surface area contributed by atoms with Gasteiger partial charge in [-0.25, -0.2) is 4.39 Å². The summed E-state index contributed by atoms with van der Waals surface area (Å²) in [7, 11) is 0. The minimum absolute atomic E-state index is 0.0250. The number of aryl methyl sites for hydroxylation is 1. The number of benzene rings is 2. The molecule has 3 nitrogen and oxygen atoms in total. The fourth-order valence-electron chi connectivity index (χ4n) is 1.96. The SMILES string of the molecule is Cc1ccc(F)c(C(=O)NC(C)c2cccc(O)c2)c1. The van der Waals surface area contributed by atoms with E-state index in [1.165, 1.54) is 12.1 Å². The van der Waals surface area contributed by atoms with E-state index < -0.39 is 11.7 Å². The van der Waals surface area contributed by atoms with Gasteiger partial charge >= 0.3 is 0 Å². The van der Waals surface area contributed by atoms with Gasteiger partial charge in [0.1, 0.15) is 11.6 Å². The van der Waals surface area contributed by atoms with Crippen LogP contribution >= 0.6 is 0 Å². The number of phenolic OH excluding ortho intramolecular Hbond substituents is 1. The van der Waals surface area contributed by atoms with Crippen molar-refractivity contribution < 1.29 is 14.3 Å². The van der Waals surface area contributed by atoms with E-state index >= 15 is 0 Å². The number of carbonyl (C=O) groups is 1. The first kappa shape index (κ1) is 14.1. The second-order valence-corrected chi connectivity index (χ2v) is 4.77. The molecule has 4 heteroatoms. The molecule has 1 unspecified atom stereocenters. The van der Waals surface area contributed by atoms with Crippen LogP contribution in [-0.2, 0) is 0 Å². The number of amides is 1. The highest BCUT2D eigenvalue weighted by Gasteiger charge is 2.15. The quantitative estimate of drug-likeness (QED) is 0.901. The van der Waals surface area contributed by atoms with Gasteiger partial charge in [-0.05, 0) is 43.7 Å². The van der Waals surface area contributed by atoms with Crippen LogP contribution in [0.15, 0.2) is 42.5 Å².